The summed E-state index contributed by atoms with van der Waals surface area (Å²) in [6.45, 7) is 0. The lowest BCUT2D eigenvalue weighted by Gasteiger charge is -2.01. The Balaban J connectivity index is 3.43. The summed E-state index contributed by atoms with van der Waals surface area (Å²) in [5, 5.41) is 19.4. The first kappa shape index (κ1) is 10.5. The van der Waals surface area contributed by atoms with Crippen molar-refractivity contribution in [3.63, 3.8) is 0 Å². The summed E-state index contributed by atoms with van der Waals surface area (Å²) in [4.78, 5) is 21.0. The van der Waals surface area contributed by atoms with Crippen molar-refractivity contribution >= 4 is 23.4 Å². The second-order valence-corrected chi connectivity index (χ2v) is 3.27. The van der Waals surface area contributed by atoms with Gasteiger partial charge in [0, 0.05) is 0 Å². The monoisotopic (exact) mass is 213 g/mol. The number of nitro benzene ring substituents is 1. The maximum absolute atomic E-state index is 10.7. The first-order valence-corrected chi connectivity index (χ1v) is 4.85. The van der Waals surface area contributed by atoms with Gasteiger partial charge in [-0.3, -0.25) is 10.1 Å². The van der Waals surface area contributed by atoms with Crippen LogP contribution in [-0.4, -0.2) is 22.3 Å². The molecule has 1 aromatic rings. The third-order valence-corrected chi connectivity index (χ3v) is 2.40. The van der Waals surface area contributed by atoms with E-state index in [1.54, 1.807) is 6.26 Å². The topological polar surface area (TPSA) is 80.4 Å². The SMILES string of the molecule is CSc1cccc(C(=O)O)c1[N+](=O)[O-]. The van der Waals surface area contributed by atoms with Crippen LogP contribution in [0.5, 0.6) is 0 Å². The first-order valence-electron chi connectivity index (χ1n) is 3.62. The molecule has 0 amide bonds. The van der Waals surface area contributed by atoms with Gasteiger partial charge in [-0.15, -0.1) is 11.8 Å². The Kier molecular flexibility index (Phi) is 3.08. The van der Waals surface area contributed by atoms with Gasteiger partial charge in [0.25, 0.3) is 5.69 Å². The van der Waals surface area contributed by atoms with Crippen molar-refractivity contribution in [2.45, 2.75) is 4.90 Å². The van der Waals surface area contributed by atoms with Crippen molar-refractivity contribution in [3.8, 4) is 0 Å². The summed E-state index contributed by atoms with van der Waals surface area (Å²) in [7, 11) is 0. The van der Waals surface area contributed by atoms with E-state index in [0.717, 1.165) is 11.8 Å². The fourth-order valence-electron chi connectivity index (χ4n) is 1.05. The van der Waals surface area contributed by atoms with Crippen LogP contribution in [0.15, 0.2) is 23.1 Å². The van der Waals surface area contributed by atoms with Gasteiger partial charge in [-0.05, 0) is 18.4 Å². The lowest BCUT2D eigenvalue weighted by atomic mass is 10.2. The molecular weight excluding hydrogens is 206 g/mol. The van der Waals surface area contributed by atoms with E-state index >= 15 is 0 Å². The lowest BCUT2D eigenvalue weighted by Crippen LogP contribution is -2.03. The van der Waals surface area contributed by atoms with Crippen molar-refractivity contribution in [1.29, 1.82) is 0 Å². The number of thioether (sulfide) groups is 1. The van der Waals surface area contributed by atoms with Crippen LogP contribution in [0.1, 0.15) is 10.4 Å². The molecule has 0 saturated carbocycles. The van der Waals surface area contributed by atoms with E-state index in [2.05, 4.69) is 0 Å². The van der Waals surface area contributed by atoms with Gasteiger partial charge in [0.1, 0.15) is 5.56 Å². The van der Waals surface area contributed by atoms with Gasteiger partial charge < -0.3 is 5.11 Å². The molecule has 0 aliphatic carbocycles. The smallest absolute Gasteiger partial charge is 0.342 e. The molecule has 0 fully saturated rings. The van der Waals surface area contributed by atoms with E-state index in [4.69, 9.17) is 5.11 Å². The minimum absolute atomic E-state index is 0.276. The number of para-hydroxylation sites is 1. The maximum atomic E-state index is 10.7. The third kappa shape index (κ3) is 1.85. The molecule has 1 aromatic carbocycles. The highest BCUT2D eigenvalue weighted by Gasteiger charge is 2.23. The molecule has 0 unspecified atom stereocenters. The molecule has 6 heteroatoms. The zero-order valence-electron chi connectivity index (χ0n) is 7.26. The van der Waals surface area contributed by atoms with E-state index in [-0.39, 0.29) is 11.3 Å². The average Bonchev–Trinajstić information content (AvgIpc) is 2.16. The minimum atomic E-state index is -1.28. The Hall–Kier alpha value is -1.56. The maximum Gasteiger partial charge on any atom is 0.342 e. The Bertz CT molecular complexity index is 391. The summed E-state index contributed by atoms with van der Waals surface area (Å²) in [6, 6.07) is 4.23. The fourth-order valence-corrected chi connectivity index (χ4v) is 1.64. The second-order valence-electron chi connectivity index (χ2n) is 2.42. The van der Waals surface area contributed by atoms with Crippen LogP contribution in [0, 0.1) is 10.1 Å². The molecule has 1 N–H and O–H groups in total. The Labute approximate surface area is 83.9 Å². The zero-order chi connectivity index (χ0) is 10.7. The Morgan fingerprint density at radius 2 is 2.21 bits per heavy atom. The number of nitrogens with zero attached hydrogens (tertiary/aromatic N) is 1. The molecular formula is C8H7NO4S. The average molecular weight is 213 g/mol. The van der Waals surface area contributed by atoms with E-state index in [9.17, 15) is 14.9 Å². The second kappa shape index (κ2) is 4.10. The van der Waals surface area contributed by atoms with Crippen LogP contribution >= 0.6 is 11.8 Å². The standard InChI is InChI=1S/C8H7NO4S/c1-14-6-4-2-3-5(8(10)11)7(6)9(12)13/h2-4H,1H3,(H,10,11). The van der Waals surface area contributed by atoms with Crippen LogP contribution in [0.2, 0.25) is 0 Å². The molecule has 0 heterocycles. The quantitative estimate of drug-likeness (QED) is 0.472. The molecule has 1 rings (SSSR count). The highest BCUT2D eigenvalue weighted by atomic mass is 32.2. The highest BCUT2D eigenvalue weighted by Crippen LogP contribution is 2.30. The van der Waals surface area contributed by atoms with Crippen LogP contribution < -0.4 is 0 Å². The number of carboxylic acid groups (broad SMARTS) is 1. The number of carboxylic acids is 1. The van der Waals surface area contributed by atoms with Crippen molar-refractivity contribution in [1.82, 2.24) is 0 Å². The van der Waals surface area contributed by atoms with Gasteiger partial charge in [0.15, 0.2) is 0 Å². The molecule has 0 aromatic heterocycles. The van der Waals surface area contributed by atoms with Gasteiger partial charge in [-0.25, -0.2) is 4.79 Å². The van der Waals surface area contributed by atoms with Gasteiger partial charge in [-0.2, -0.15) is 0 Å². The van der Waals surface area contributed by atoms with Crippen LogP contribution in [0.3, 0.4) is 0 Å². The van der Waals surface area contributed by atoms with Gasteiger partial charge in [0.2, 0.25) is 0 Å². The molecule has 0 saturated heterocycles. The molecule has 0 spiro atoms. The van der Waals surface area contributed by atoms with Crippen molar-refractivity contribution in [3.05, 3.63) is 33.9 Å². The Morgan fingerprint density at radius 3 is 2.64 bits per heavy atom. The van der Waals surface area contributed by atoms with Crippen molar-refractivity contribution in [2.75, 3.05) is 6.26 Å². The number of hydrogen-bond acceptors (Lipinski definition) is 4. The highest BCUT2D eigenvalue weighted by molar-refractivity contribution is 7.98. The third-order valence-electron chi connectivity index (χ3n) is 1.63. The first-order chi connectivity index (χ1) is 6.57. The number of aromatic carboxylic acids is 1. The summed E-state index contributed by atoms with van der Waals surface area (Å²) in [5.41, 5.74) is -0.616. The molecule has 0 aliphatic rings. The molecule has 74 valence electrons. The number of carbonyl (C=O) groups is 1. The number of rotatable bonds is 3. The predicted molar refractivity (Wildman–Crippen MR) is 51.8 cm³/mol. The summed E-state index contributed by atoms with van der Waals surface area (Å²) >= 11 is 1.15. The molecule has 0 bridgehead atoms. The molecule has 0 radical (unpaired) electrons. The van der Waals surface area contributed by atoms with E-state index < -0.39 is 10.9 Å². The normalized spacial score (nSPS) is 9.79. The van der Waals surface area contributed by atoms with E-state index in [1.165, 1.54) is 18.2 Å². The Morgan fingerprint density at radius 1 is 1.57 bits per heavy atom. The molecule has 14 heavy (non-hydrogen) atoms. The summed E-state index contributed by atoms with van der Waals surface area (Å²) in [6.07, 6.45) is 1.66. The summed E-state index contributed by atoms with van der Waals surface area (Å²) in [5.74, 6) is -1.28. The van der Waals surface area contributed by atoms with E-state index in [0.29, 0.717) is 4.90 Å². The predicted octanol–water partition coefficient (Wildman–Crippen LogP) is 2.01. The number of benzene rings is 1. The minimum Gasteiger partial charge on any atom is -0.477 e. The van der Waals surface area contributed by atoms with Gasteiger partial charge in [-0.1, -0.05) is 6.07 Å². The largest absolute Gasteiger partial charge is 0.477 e. The zero-order valence-corrected chi connectivity index (χ0v) is 8.08. The molecule has 0 atom stereocenters. The molecule has 0 aliphatic heterocycles. The molecule has 5 nitrogen and oxygen atoms in total. The van der Waals surface area contributed by atoms with Gasteiger partial charge in [0.05, 0.1) is 9.82 Å². The van der Waals surface area contributed by atoms with E-state index in [1.807, 2.05) is 0 Å². The van der Waals surface area contributed by atoms with Crippen LogP contribution in [0.4, 0.5) is 5.69 Å². The van der Waals surface area contributed by atoms with Gasteiger partial charge >= 0.3 is 5.97 Å². The van der Waals surface area contributed by atoms with Crippen molar-refractivity contribution in [2.24, 2.45) is 0 Å². The number of hydrogen-bond donors (Lipinski definition) is 1. The van der Waals surface area contributed by atoms with Crippen LogP contribution in [-0.2, 0) is 0 Å². The number of nitro groups is 1. The van der Waals surface area contributed by atoms with Crippen LogP contribution in [0.25, 0.3) is 0 Å². The fraction of sp³-hybridized carbons (Fsp3) is 0.125. The van der Waals surface area contributed by atoms with Crippen molar-refractivity contribution < 1.29 is 14.8 Å². The lowest BCUT2D eigenvalue weighted by molar-refractivity contribution is -0.388. The summed E-state index contributed by atoms with van der Waals surface area (Å²) < 4.78 is 0.